The summed E-state index contributed by atoms with van der Waals surface area (Å²) in [5.74, 6) is -1.51. The largest absolute Gasteiger partial charge is 0.399 e. The summed E-state index contributed by atoms with van der Waals surface area (Å²) in [5, 5.41) is 4.40. The summed E-state index contributed by atoms with van der Waals surface area (Å²) in [7, 11) is 1.13. The molecule has 0 aromatic rings. The zero-order valence-electron chi connectivity index (χ0n) is 5.85. The molecule has 0 unspecified atom stereocenters. The maximum Gasteiger partial charge on any atom is 0.399 e. The highest BCUT2D eigenvalue weighted by atomic mass is 35.5. The lowest BCUT2D eigenvalue weighted by Crippen LogP contribution is -2.39. The highest BCUT2D eigenvalue weighted by molar-refractivity contribution is 6.32. The molecule has 0 fully saturated rings. The Hall–Kier alpha value is -0.420. The third-order valence-electron chi connectivity index (χ3n) is 1.02. The fraction of sp³-hybridized carbons (Fsp3) is 0.800. The Morgan fingerprint density at radius 2 is 2.18 bits per heavy atom. The maximum absolute atomic E-state index is 12.0. The van der Waals surface area contributed by atoms with E-state index < -0.39 is 11.3 Å². The van der Waals surface area contributed by atoms with Crippen LogP contribution in [0.5, 0.6) is 0 Å². The van der Waals surface area contributed by atoms with Crippen molar-refractivity contribution in [1.29, 1.82) is 0 Å². The molecule has 6 heteroatoms. The standard InChI is InChI=1S/C5H8ClF2NO2/c1-9(2-3-10)4(11)5(6,7)8/h10H,2-3H2,1H3. The van der Waals surface area contributed by atoms with Crippen LogP contribution in [0.3, 0.4) is 0 Å². The Kier molecular flexibility index (Phi) is 3.68. The summed E-state index contributed by atoms with van der Waals surface area (Å²) in [6, 6.07) is 0. The first-order chi connectivity index (χ1) is 4.89. The molecule has 0 radical (unpaired) electrons. The lowest BCUT2D eigenvalue weighted by atomic mass is 10.5. The van der Waals surface area contributed by atoms with Crippen molar-refractivity contribution < 1.29 is 18.7 Å². The molecule has 0 aliphatic heterocycles. The van der Waals surface area contributed by atoms with Gasteiger partial charge in [0.05, 0.1) is 6.61 Å². The van der Waals surface area contributed by atoms with E-state index in [0.717, 1.165) is 7.05 Å². The predicted octanol–water partition coefficient (Wildman–Crippen LogP) is 0.269. The molecular formula is C5H8ClF2NO2. The van der Waals surface area contributed by atoms with Crippen molar-refractivity contribution in [2.45, 2.75) is 5.38 Å². The minimum Gasteiger partial charge on any atom is -0.395 e. The van der Waals surface area contributed by atoms with Gasteiger partial charge in [-0.3, -0.25) is 4.79 Å². The van der Waals surface area contributed by atoms with Gasteiger partial charge in [-0.25, -0.2) is 0 Å². The topological polar surface area (TPSA) is 40.5 Å². The molecule has 3 nitrogen and oxygen atoms in total. The molecule has 0 saturated carbocycles. The van der Waals surface area contributed by atoms with Crippen molar-refractivity contribution in [3.8, 4) is 0 Å². The highest BCUT2D eigenvalue weighted by Gasteiger charge is 2.38. The van der Waals surface area contributed by atoms with E-state index in [0.29, 0.717) is 4.90 Å². The second kappa shape index (κ2) is 3.82. The number of hydrogen-bond acceptors (Lipinski definition) is 2. The van der Waals surface area contributed by atoms with Crippen molar-refractivity contribution in [3.05, 3.63) is 0 Å². The number of halogens is 3. The second-order valence-corrected chi connectivity index (χ2v) is 2.42. The van der Waals surface area contributed by atoms with Crippen LogP contribution in [0.4, 0.5) is 8.78 Å². The van der Waals surface area contributed by atoms with Gasteiger partial charge in [-0.2, -0.15) is 8.78 Å². The molecule has 0 aliphatic carbocycles. The average Bonchev–Trinajstić information content (AvgIpc) is 1.85. The van der Waals surface area contributed by atoms with Gasteiger partial charge in [0.15, 0.2) is 0 Å². The van der Waals surface area contributed by atoms with E-state index >= 15 is 0 Å². The van der Waals surface area contributed by atoms with Gasteiger partial charge in [0.25, 0.3) is 0 Å². The van der Waals surface area contributed by atoms with Crippen LogP contribution in [0.1, 0.15) is 0 Å². The molecule has 0 heterocycles. The SMILES string of the molecule is CN(CCO)C(=O)C(F)(F)Cl. The smallest absolute Gasteiger partial charge is 0.395 e. The highest BCUT2D eigenvalue weighted by Crippen LogP contribution is 2.20. The lowest BCUT2D eigenvalue weighted by Gasteiger charge is -2.17. The Labute approximate surface area is 67.5 Å². The summed E-state index contributed by atoms with van der Waals surface area (Å²) in [6.07, 6.45) is 0. The molecule has 66 valence electrons. The van der Waals surface area contributed by atoms with E-state index in [2.05, 4.69) is 11.6 Å². The maximum atomic E-state index is 12.0. The molecule has 1 N–H and O–H groups in total. The average molecular weight is 188 g/mol. The van der Waals surface area contributed by atoms with Gasteiger partial charge in [0.2, 0.25) is 0 Å². The molecule has 0 saturated heterocycles. The minimum absolute atomic E-state index is 0.152. The Morgan fingerprint density at radius 3 is 2.45 bits per heavy atom. The Morgan fingerprint density at radius 1 is 1.73 bits per heavy atom. The van der Waals surface area contributed by atoms with Crippen LogP contribution < -0.4 is 0 Å². The summed E-state index contributed by atoms with van der Waals surface area (Å²) >= 11 is 4.41. The van der Waals surface area contributed by atoms with Gasteiger partial charge >= 0.3 is 11.3 Å². The number of nitrogens with zero attached hydrogens (tertiary/aromatic N) is 1. The first-order valence-corrected chi connectivity index (χ1v) is 3.20. The van der Waals surface area contributed by atoms with Gasteiger partial charge in [-0.1, -0.05) is 0 Å². The zero-order chi connectivity index (χ0) is 9.07. The number of amides is 1. The number of likely N-dealkylation sites (N-methyl/N-ethyl adjacent to an activating group) is 1. The molecule has 11 heavy (non-hydrogen) atoms. The first kappa shape index (κ1) is 10.6. The summed E-state index contributed by atoms with van der Waals surface area (Å²) < 4.78 is 24.0. The number of carbonyl (C=O) groups excluding carboxylic acids is 1. The predicted molar refractivity (Wildman–Crippen MR) is 35.5 cm³/mol. The van der Waals surface area contributed by atoms with Crippen molar-refractivity contribution in [1.82, 2.24) is 4.90 Å². The third kappa shape index (κ3) is 3.48. The van der Waals surface area contributed by atoms with E-state index in [4.69, 9.17) is 5.11 Å². The molecule has 0 spiro atoms. The fourth-order valence-corrected chi connectivity index (χ4v) is 0.612. The van der Waals surface area contributed by atoms with Gasteiger partial charge in [-0.05, 0) is 11.6 Å². The van der Waals surface area contributed by atoms with Gasteiger partial charge < -0.3 is 10.0 Å². The number of rotatable bonds is 3. The minimum atomic E-state index is -3.87. The fourth-order valence-electron chi connectivity index (χ4n) is 0.468. The van der Waals surface area contributed by atoms with Crippen LogP contribution in [0.2, 0.25) is 0 Å². The monoisotopic (exact) mass is 187 g/mol. The number of alkyl halides is 3. The Bertz CT molecular complexity index is 148. The van der Waals surface area contributed by atoms with Crippen LogP contribution in [0.15, 0.2) is 0 Å². The van der Waals surface area contributed by atoms with Crippen molar-refractivity contribution in [3.63, 3.8) is 0 Å². The molecule has 1 amide bonds. The van der Waals surface area contributed by atoms with Gasteiger partial charge in [0, 0.05) is 13.6 Å². The summed E-state index contributed by atoms with van der Waals surface area (Å²) in [4.78, 5) is 11.1. The molecule has 0 atom stereocenters. The van der Waals surface area contributed by atoms with Crippen LogP contribution in [0, 0.1) is 0 Å². The number of aliphatic hydroxyl groups excluding tert-OH is 1. The number of carbonyl (C=O) groups is 1. The second-order valence-electron chi connectivity index (χ2n) is 1.95. The molecule has 0 aromatic heterocycles. The molecule has 0 aliphatic rings. The van der Waals surface area contributed by atoms with Crippen molar-refractivity contribution >= 4 is 17.5 Å². The van der Waals surface area contributed by atoms with Gasteiger partial charge in [0.1, 0.15) is 0 Å². The van der Waals surface area contributed by atoms with E-state index in [1.165, 1.54) is 0 Å². The van der Waals surface area contributed by atoms with E-state index in [-0.39, 0.29) is 13.2 Å². The molecular weight excluding hydrogens is 180 g/mol. The molecule has 0 aromatic carbocycles. The van der Waals surface area contributed by atoms with Crippen LogP contribution in [0.25, 0.3) is 0 Å². The van der Waals surface area contributed by atoms with Crippen LogP contribution in [-0.2, 0) is 4.79 Å². The van der Waals surface area contributed by atoms with Crippen molar-refractivity contribution in [2.75, 3.05) is 20.2 Å². The number of hydrogen-bond donors (Lipinski definition) is 1. The third-order valence-corrected chi connectivity index (χ3v) is 1.19. The normalized spacial score (nSPS) is 11.4. The van der Waals surface area contributed by atoms with E-state index in [1.807, 2.05) is 0 Å². The number of aliphatic hydroxyl groups is 1. The summed E-state index contributed by atoms with van der Waals surface area (Å²) in [5.41, 5.74) is 0. The zero-order valence-corrected chi connectivity index (χ0v) is 6.61. The Balaban J connectivity index is 4.03. The van der Waals surface area contributed by atoms with Crippen LogP contribution >= 0.6 is 11.6 Å². The van der Waals surface area contributed by atoms with Crippen LogP contribution in [-0.4, -0.2) is 41.5 Å². The molecule has 0 rings (SSSR count). The van der Waals surface area contributed by atoms with E-state index in [9.17, 15) is 13.6 Å². The molecule has 0 bridgehead atoms. The quantitative estimate of drug-likeness (QED) is 0.645. The van der Waals surface area contributed by atoms with E-state index in [1.54, 1.807) is 0 Å². The summed E-state index contributed by atoms with van der Waals surface area (Å²) in [6.45, 7) is -0.518. The first-order valence-electron chi connectivity index (χ1n) is 2.82. The van der Waals surface area contributed by atoms with Gasteiger partial charge in [-0.15, -0.1) is 0 Å². The van der Waals surface area contributed by atoms with Crippen molar-refractivity contribution in [2.24, 2.45) is 0 Å². The lowest BCUT2D eigenvalue weighted by molar-refractivity contribution is -0.146.